The second kappa shape index (κ2) is 7.95. The van der Waals surface area contributed by atoms with Gasteiger partial charge >= 0.3 is 0 Å². The number of carbonyl (C=O) groups excluding carboxylic acids is 1. The molecule has 3 aromatic rings. The first-order valence-electron chi connectivity index (χ1n) is 9.80. The van der Waals surface area contributed by atoms with E-state index in [1.54, 1.807) is 0 Å². The van der Waals surface area contributed by atoms with Crippen molar-refractivity contribution in [2.75, 3.05) is 13.1 Å². The lowest BCUT2D eigenvalue weighted by Crippen LogP contribution is -2.33. The van der Waals surface area contributed by atoms with Gasteiger partial charge in [-0.15, -0.1) is 0 Å². The average molecular weight is 364 g/mol. The van der Waals surface area contributed by atoms with Crippen LogP contribution in [-0.2, 0) is 17.8 Å². The van der Waals surface area contributed by atoms with E-state index >= 15 is 0 Å². The Labute approximate surface area is 159 Å². The van der Waals surface area contributed by atoms with Crippen molar-refractivity contribution in [2.45, 2.75) is 38.6 Å². The molecular formula is C23H25FN2O. The van der Waals surface area contributed by atoms with Gasteiger partial charge in [-0.1, -0.05) is 43.2 Å². The summed E-state index contributed by atoms with van der Waals surface area (Å²) in [5, 5.41) is 1.13. The summed E-state index contributed by atoms with van der Waals surface area (Å²) < 4.78 is 15.3. The molecule has 0 aliphatic carbocycles. The van der Waals surface area contributed by atoms with Crippen LogP contribution in [0.25, 0.3) is 10.9 Å². The van der Waals surface area contributed by atoms with Crippen LogP contribution in [0.3, 0.4) is 0 Å². The predicted octanol–water partition coefficient (Wildman–Crippen LogP) is 4.77. The Balaban J connectivity index is 1.59. The van der Waals surface area contributed by atoms with Gasteiger partial charge in [0.25, 0.3) is 0 Å². The number of fused-ring (bicyclic) bond motifs is 1. The van der Waals surface area contributed by atoms with Gasteiger partial charge in [-0.3, -0.25) is 4.79 Å². The van der Waals surface area contributed by atoms with Crippen LogP contribution in [0.2, 0.25) is 0 Å². The van der Waals surface area contributed by atoms with Crippen molar-refractivity contribution in [1.29, 1.82) is 0 Å². The Kier molecular flexibility index (Phi) is 5.23. The van der Waals surface area contributed by atoms with Gasteiger partial charge in [0.15, 0.2) is 0 Å². The zero-order valence-electron chi connectivity index (χ0n) is 15.5. The maximum absolute atomic E-state index is 13.2. The van der Waals surface area contributed by atoms with Crippen molar-refractivity contribution < 1.29 is 9.18 Å². The molecule has 0 radical (unpaired) electrons. The molecule has 3 nitrogen and oxygen atoms in total. The molecule has 1 aliphatic heterocycles. The Bertz CT molecular complexity index is 921. The first-order chi connectivity index (χ1) is 13.2. The van der Waals surface area contributed by atoms with E-state index in [4.69, 9.17) is 0 Å². The second-order valence-corrected chi connectivity index (χ2v) is 7.40. The Morgan fingerprint density at radius 3 is 2.37 bits per heavy atom. The minimum atomic E-state index is -0.222. The molecule has 0 unspecified atom stereocenters. The Morgan fingerprint density at radius 2 is 1.63 bits per heavy atom. The first-order valence-corrected chi connectivity index (χ1v) is 9.80. The van der Waals surface area contributed by atoms with Gasteiger partial charge in [0.2, 0.25) is 5.91 Å². The van der Waals surface area contributed by atoms with Crippen LogP contribution in [0.1, 0.15) is 36.8 Å². The minimum absolute atomic E-state index is 0.222. The molecule has 0 saturated carbocycles. The SMILES string of the molecule is O=C(Cc1cn(Cc2ccc(F)cc2)c2ccccc12)N1CCCCCC1. The van der Waals surface area contributed by atoms with E-state index in [0.29, 0.717) is 13.0 Å². The van der Waals surface area contributed by atoms with Crippen LogP contribution in [0.4, 0.5) is 4.39 Å². The number of nitrogens with zero attached hydrogens (tertiary/aromatic N) is 2. The molecule has 0 atom stereocenters. The monoisotopic (exact) mass is 364 g/mol. The van der Waals surface area contributed by atoms with Crippen molar-refractivity contribution >= 4 is 16.8 Å². The van der Waals surface area contributed by atoms with E-state index in [2.05, 4.69) is 22.9 Å². The maximum atomic E-state index is 13.2. The summed E-state index contributed by atoms with van der Waals surface area (Å²) in [5.74, 6) is 0.00133. The highest BCUT2D eigenvalue weighted by atomic mass is 19.1. The summed E-state index contributed by atoms with van der Waals surface area (Å²) in [4.78, 5) is 14.9. The number of likely N-dealkylation sites (tertiary alicyclic amines) is 1. The fourth-order valence-corrected chi connectivity index (χ4v) is 3.98. The molecule has 0 spiro atoms. The van der Waals surface area contributed by atoms with Crippen molar-refractivity contribution in [3.63, 3.8) is 0 Å². The average Bonchev–Trinajstić information content (AvgIpc) is 2.86. The number of amides is 1. The third kappa shape index (κ3) is 4.05. The molecule has 4 rings (SSSR count). The lowest BCUT2D eigenvalue weighted by molar-refractivity contribution is -0.130. The third-order valence-electron chi connectivity index (χ3n) is 5.44. The fraction of sp³-hybridized carbons (Fsp3) is 0.348. The van der Waals surface area contributed by atoms with Crippen molar-refractivity contribution in [3.8, 4) is 0 Å². The first kappa shape index (κ1) is 17.8. The molecule has 0 N–H and O–H groups in total. The number of carbonyl (C=O) groups is 1. The van der Waals surface area contributed by atoms with Gasteiger partial charge in [0.1, 0.15) is 5.82 Å². The quantitative estimate of drug-likeness (QED) is 0.654. The fourth-order valence-electron chi connectivity index (χ4n) is 3.98. The number of rotatable bonds is 4. The summed E-state index contributed by atoms with van der Waals surface area (Å²) >= 11 is 0. The summed E-state index contributed by atoms with van der Waals surface area (Å²) in [6, 6.07) is 14.8. The number of halogens is 1. The van der Waals surface area contributed by atoms with Gasteiger partial charge in [-0.25, -0.2) is 4.39 Å². The van der Waals surface area contributed by atoms with Gasteiger partial charge < -0.3 is 9.47 Å². The summed E-state index contributed by atoms with van der Waals surface area (Å²) in [6.07, 6.45) is 7.19. The molecule has 27 heavy (non-hydrogen) atoms. The highest BCUT2D eigenvalue weighted by Gasteiger charge is 2.18. The Hall–Kier alpha value is -2.62. The highest BCUT2D eigenvalue weighted by Crippen LogP contribution is 2.24. The number of benzene rings is 2. The van der Waals surface area contributed by atoms with Crippen molar-refractivity contribution in [3.05, 3.63) is 71.7 Å². The molecular weight excluding hydrogens is 339 g/mol. The lowest BCUT2D eigenvalue weighted by atomic mass is 10.1. The maximum Gasteiger partial charge on any atom is 0.227 e. The van der Waals surface area contributed by atoms with Crippen LogP contribution in [0.5, 0.6) is 0 Å². The number of aromatic nitrogens is 1. The normalized spacial score (nSPS) is 15.1. The summed E-state index contributed by atoms with van der Waals surface area (Å²) in [6.45, 7) is 2.43. The van der Waals surface area contributed by atoms with Gasteiger partial charge in [0, 0.05) is 36.7 Å². The number of hydrogen-bond acceptors (Lipinski definition) is 1. The van der Waals surface area contributed by atoms with Gasteiger partial charge in [-0.05, 0) is 42.2 Å². The van der Waals surface area contributed by atoms with E-state index in [1.165, 1.54) is 25.0 Å². The molecule has 2 aromatic carbocycles. The zero-order valence-corrected chi connectivity index (χ0v) is 15.5. The molecule has 1 amide bonds. The van der Waals surface area contributed by atoms with E-state index in [-0.39, 0.29) is 11.7 Å². The number of para-hydroxylation sites is 1. The number of hydrogen-bond donors (Lipinski definition) is 0. The topological polar surface area (TPSA) is 25.2 Å². The summed E-state index contributed by atoms with van der Waals surface area (Å²) in [5.41, 5.74) is 3.23. The standard InChI is InChI=1S/C23H25FN2O/c24-20-11-9-18(10-12-20)16-26-17-19(21-7-3-4-8-22(21)26)15-23(27)25-13-5-1-2-6-14-25/h3-4,7-12,17H,1-2,5-6,13-16H2. The van der Waals surface area contributed by atoms with Gasteiger partial charge in [-0.2, -0.15) is 0 Å². The van der Waals surface area contributed by atoms with Crippen molar-refractivity contribution in [2.24, 2.45) is 0 Å². The molecule has 140 valence electrons. The minimum Gasteiger partial charge on any atom is -0.343 e. The van der Waals surface area contributed by atoms with E-state index in [0.717, 1.165) is 48.0 Å². The molecule has 1 saturated heterocycles. The largest absolute Gasteiger partial charge is 0.343 e. The molecule has 1 aromatic heterocycles. The van der Waals surface area contributed by atoms with Crippen molar-refractivity contribution in [1.82, 2.24) is 9.47 Å². The smallest absolute Gasteiger partial charge is 0.227 e. The van der Waals surface area contributed by atoms with E-state index in [9.17, 15) is 9.18 Å². The molecule has 1 fully saturated rings. The zero-order chi connectivity index (χ0) is 18.6. The molecule has 4 heteroatoms. The van der Waals surface area contributed by atoms with Gasteiger partial charge in [0.05, 0.1) is 6.42 Å². The predicted molar refractivity (Wildman–Crippen MR) is 106 cm³/mol. The molecule has 2 heterocycles. The molecule has 1 aliphatic rings. The Morgan fingerprint density at radius 1 is 0.926 bits per heavy atom. The van der Waals surface area contributed by atoms with Crippen LogP contribution in [-0.4, -0.2) is 28.5 Å². The third-order valence-corrected chi connectivity index (χ3v) is 5.44. The summed E-state index contributed by atoms with van der Waals surface area (Å²) in [7, 11) is 0. The van der Waals surface area contributed by atoms with E-state index < -0.39 is 0 Å². The van der Waals surface area contributed by atoms with Crippen LogP contribution in [0, 0.1) is 5.82 Å². The lowest BCUT2D eigenvalue weighted by Gasteiger charge is -2.20. The van der Waals surface area contributed by atoms with Crippen LogP contribution < -0.4 is 0 Å². The highest BCUT2D eigenvalue weighted by molar-refractivity contribution is 5.89. The second-order valence-electron chi connectivity index (χ2n) is 7.40. The molecule has 0 bridgehead atoms. The van der Waals surface area contributed by atoms with E-state index in [1.807, 2.05) is 29.2 Å². The van der Waals surface area contributed by atoms with Crippen LogP contribution in [0.15, 0.2) is 54.7 Å². The van der Waals surface area contributed by atoms with Crippen LogP contribution >= 0.6 is 0 Å².